The first-order valence-electron chi connectivity index (χ1n) is 5.73. The van der Waals surface area contributed by atoms with Gasteiger partial charge in [0.05, 0.1) is 6.04 Å². The van der Waals surface area contributed by atoms with Gasteiger partial charge in [-0.15, -0.1) is 0 Å². The lowest BCUT2D eigenvalue weighted by Gasteiger charge is -2.13. The second-order valence-corrected chi connectivity index (χ2v) is 3.16. The average Bonchev–Trinajstić information content (AvgIpc) is 2.39. The highest BCUT2D eigenvalue weighted by atomic mass is 16.2. The van der Waals surface area contributed by atoms with E-state index in [1.165, 1.54) is 0 Å². The standard InChI is InChI=1S/C11H14N2O2.C2H6/c1-12-10(11(15)13-8-14)7-9-5-3-2-4-6-9;1-2/h2-6,8,10,12H,7H2,1H3,(H,13,14,15);1-2H3. The number of nitrogens with one attached hydrogen (secondary N) is 2. The van der Waals surface area contributed by atoms with Crippen LogP contribution in [-0.4, -0.2) is 25.4 Å². The lowest BCUT2D eigenvalue weighted by molar-refractivity contribution is -0.126. The fourth-order valence-corrected chi connectivity index (χ4v) is 1.33. The van der Waals surface area contributed by atoms with Crippen LogP contribution < -0.4 is 10.6 Å². The number of likely N-dealkylation sites (N-methyl/N-ethyl adjacent to an activating group) is 1. The molecule has 1 unspecified atom stereocenters. The highest BCUT2D eigenvalue weighted by Gasteiger charge is 2.15. The molecule has 0 aliphatic rings. The van der Waals surface area contributed by atoms with E-state index in [9.17, 15) is 9.59 Å². The number of hydrogen-bond acceptors (Lipinski definition) is 3. The Kier molecular flexibility index (Phi) is 8.60. The van der Waals surface area contributed by atoms with Gasteiger partial charge < -0.3 is 5.32 Å². The molecule has 4 nitrogen and oxygen atoms in total. The monoisotopic (exact) mass is 236 g/mol. The van der Waals surface area contributed by atoms with Gasteiger partial charge in [-0.3, -0.25) is 14.9 Å². The van der Waals surface area contributed by atoms with Gasteiger partial charge in [-0.1, -0.05) is 44.2 Å². The van der Waals surface area contributed by atoms with Gasteiger partial charge >= 0.3 is 0 Å². The van der Waals surface area contributed by atoms with Crippen LogP contribution in [0.3, 0.4) is 0 Å². The van der Waals surface area contributed by atoms with Crippen molar-refractivity contribution in [3.8, 4) is 0 Å². The molecule has 0 fully saturated rings. The Labute approximate surface area is 102 Å². The van der Waals surface area contributed by atoms with Gasteiger partial charge in [-0.2, -0.15) is 0 Å². The van der Waals surface area contributed by atoms with E-state index in [2.05, 4.69) is 10.6 Å². The minimum absolute atomic E-state index is 0.309. The van der Waals surface area contributed by atoms with Crippen LogP contribution in [0.5, 0.6) is 0 Å². The molecule has 94 valence electrons. The quantitative estimate of drug-likeness (QED) is 0.753. The average molecular weight is 236 g/mol. The van der Waals surface area contributed by atoms with Crippen molar-refractivity contribution in [3.05, 3.63) is 35.9 Å². The molecule has 2 amide bonds. The fourth-order valence-electron chi connectivity index (χ4n) is 1.33. The SMILES string of the molecule is CC.CNC(Cc1ccccc1)C(=O)NC=O. The summed E-state index contributed by atoms with van der Waals surface area (Å²) in [4.78, 5) is 21.5. The van der Waals surface area contributed by atoms with Gasteiger partial charge in [0, 0.05) is 0 Å². The molecule has 0 radical (unpaired) electrons. The second kappa shape index (κ2) is 9.54. The first kappa shape index (κ1) is 15.3. The first-order chi connectivity index (χ1) is 8.27. The number of amides is 2. The molecule has 0 aliphatic heterocycles. The molecule has 1 aromatic carbocycles. The minimum Gasteiger partial charge on any atom is -0.309 e. The maximum absolute atomic E-state index is 11.4. The summed E-state index contributed by atoms with van der Waals surface area (Å²) in [5.41, 5.74) is 1.05. The van der Waals surface area contributed by atoms with Gasteiger partial charge in [0.2, 0.25) is 12.3 Å². The predicted octanol–water partition coefficient (Wildman–Crippen LogP) is 1.12. The van der Waals surface area contributed by atoms with Crippen LogP contribution in [0.25, 0.3) is 0 Å². The number of carbonyl (C=O) groups is 2. The van der Waals surface area contributed by atoms with E-state index in [0.717, 1.165) is 5.56 Å². The molecule has 2 N–H and O–H groups in total. The molecule has 17 heavy (non-hydrogen) atoms. The maximum Gasteiger partial charge on any atom is 0.243 e. The summed E-state index contributed by atoms with van der Waals surface area (Å²) in [6, 6.07) is 9.26. The Balaban J connectivity index is 0.00000121. The van der Waals surface area contributed by atoms with E-state index in [-0.39, 0.29) is 11.9 Å². The number of rotatable bonds is 5. The third-order valence-corrected chi connectivity index (χ3v) is 2.15. The zero-order valence-electron chi connectivity index (χ0n) is 10.6. The molecule has 0 aliphatic carbocycles. The van der Waals surface area contributed by atoms with Crippen LogP contribution in [0, 0.1) is 0 Å². The van der Waals surface area contributed by atoms with Gasteiger partial charge in [0.15, 0.2) is 0 Å². The Morgan fingerprint density at radius 1 is 1.29 bits per heavy atom. The predicted molar refractivity (Wildman–Crippen MR) is 68.5 cm³/mol. The number of hydrogen-bond donors (Lipinski definition) is 2. The fraction of sp³-hybridized carbons (Fsp3) is 0.385. The van der Waals surface area contributed by atoms with Gasteiger partial charge in [0.25, 0.3) is 0 Å². The topological polar surface area (TPSA) is 58.2 Å². The molecule has 1 rings (SSSR count). The summed E-state index contributed by atoms with van der Waals surface area (Å²) >= 11 is 0. The van der Waals surface area contributed by atoms with Crippen molar-refractivity contribution in [1.82, 2.24) is 10.6 Å². The maximum atomic E-state index is 11.4. The van der Waals surface area contributed by atoms with Crippen LogP contribution in [0.15, 0.2) is 30.3 Å². The Hall–Kier alpha value is -1.68. The molecule has 0 heterocycles. The molecule has 0 saturated heterocycles. The molecule has 0 aromatic heterocycles. The van der Waals surface area contributed by atoms with Gasteiger partial charge in [-0.05, 0) is 19.0 Å². The Bertz CT molecular complexity index is 325. The number of benzene rings is 1. The van der Waals surface area contributed by atoms with Crippen molar-refractivity contribution >= 4 is 12.3 Å². The van der Waals surface area contributed by atoms with Crippen LogP contribution in [-0.2, 0) is 16.0 Å². The summed E-state index contributed by atoms with van der Waals surface area (Å²) in [5, 5.41) is 5.00. The molecular weight excluding hydrogens is 216 g/mol. The van der Waals surface area contributed by atoms with Crippen LogP contribution in [0.2, 0.25) is 0 Å². The van der Waals surface area contributed by atoms with Gasteiger partial charge in [0.1, 0.15) is 0 Å². The smallest absolute Gasteiger partial charge is 0.243 e. The van der Waals surface area contributed by atoms with E-state index in [4.69, 9.17) is 0 Å². The third kappa shape index (κ3) is 5.82. The van der Waals surface area contributed by atoms with Crippen LogP contribution in [0.4, 0.5) is 0 Å². The highest BCUT2D eigenvalue weighted by Crippen LogP contribution is 2.02. The zero-order chi connectivity index (χ0) is 13.1. The van der Waals surface area contributed by atoms with Crippen molar-refractivity contribution in [1.29, 1.82) is 0 Å². The molecule has 0 bridgehead atoms. The van der Waals surface area contributed by atoms with Crippen molar-refractivity contribution in [2.75, 3.05) is 7.05 Å². The van der Waals surface area contributed by atoms with Crippen molar-refractivity contribution in [3.63, 3.8) is 0 Å². The summed E-state index contributed by atoms with van der Waals surface area (Å²) in [6.07, 6.45) is 0.967. The minimum atomic E-state index is -0.377. The summed E-state index contributed by atoms with van der Waals surface area (Å²) in [5.74, 6) is -0.309. The molecule has 1 aromatic rings. The van der Waals surface area contributed by atoms with Gasteiger partial charge in [-0.25, -0.2) is 0 Å². The van der Waals surface area contributed by atoms with E-state index < -0.39 is 0 Å². The van der Waals surface area contributed by atoms with E-state index >= 15 is 0 Å². The van der Waals surface area contributed by atoms with Crippen LogP contribution in [0.1, 0.15) is 19.4 Å². The third-order valence-electron chi connectivity index (χ3n) is 2.15. The Morgan fingerprint density at radius 2 is 1.88 bits per heavy atom. The molecule has 0 saturated carbocycles. The van der Waals surface area contributed by atoms with E-state index in [1.54, 1.807) is 7.05 Å². The highest BCUT2D eigenvalue weighted by molar-refractivity contribution is 5.90. The molecule has 0 spiro atoms. The molecular formula is C13H20N2O2. The lowest BCUT2D eigenvalue weighted by atomic mass is 10.1. The van der Waals surface area contributed by atoms with E-state index in [1.807, 2.05) is 44.2 Å². The summed E-state index contributed by atoms with van der Waals surface area (Å²) in [7, 11) is 1.69. The van der Waals surface area contributed by atoms with E-state index in [0.29, 0.717) is 12.8 Å². The first-order valence-corrected chi connectivity index (χ1v) is 5.73. The Morgan fingerprint density at radius 3 is 2.35 bits per heavy atom. The summed E-state index contributed by atoms with van der Waals surface area (Å²) < 4.78 is 0. The molecule has 1 atom stereocenters. The van der Waals surface area contributed by atoms with Crippen molar-refractivity contribution in [2.45, 2.75) is 26.3 Å². The van der Waals surface area contributed by atoms with Crippen molar-refractivity contribution in [2.24, 2.45) is 0 Å². The largest absolute Gasteiger partial charge is 0.309 e. The second-order valence-electron chi connectivity index (χ2n) is 3.16. The lowest BCUT2D eigenvalue weighted by Crippen LogP contribution is -2.43. The number of carbonyl (C=O) groups excluding carboxylic acids is 2. The molecule has 4 heteroatoms. The van der Waals surface area contributed by atoms with Crippen molar-refractivity contribution < 1.29 is 9.59 Å². The normalized spacial score (nSPS) is 10.8. The summed E-state index contributed by atoms with van der Waals surface area (Å²) in [6.45, 7) is 4.00. The zero-order valence-corrected chi connectivity index (χ0v) is 10.6. The number of imide groups is 1. The van der Waals surface area contributed by atoms with Crippen LogP contribution >= 0.6 is 0 Å².